The average Bonchev–Trinajstić information content (AvgIpc) is 2.78. The Bertz CT molecular complexity index is 717. The van der Waals surface area contributed by atoms with Crippen molar-refractivity contribution in [2.24, 2.45) is 5.92 Å². The summed E-state index contributed by atoms with van der Waals surface area (Å²) in [5.74, 6) is 0.634. The van der Waals surface area contributed by atoms with Crippen molar-refractivity contribution in [2.45, 2.75) is 27.3 Å². The second-order valence-corrected chi connectivity index (χ2v) is 5.96. The minimum Gasteiger partial charge on any atom is -0.340 e. The van der Waals surface area contributed by atoms with Crippen LogP contribution in [0.3, 0.4) is 0 Å². The number of aromatic nitrogens is 1. The van der Waals surface area contributed by atoms with Gasteiger partial charge in [-0.2, -0.15) is 0 Å². The fraction of sp³-hybridized carbons (Fsp3) is 0.263. The summed E-state index contributed by atoms with van der Waals surface area (Å²) in [4.78, 5) is 0. The molecule has 1 aromatic heterocycles. The van der Waals surface area contributed by atoms with E-state index in [2.05, 4.69) is 79.9 Å². The number of fused-ring (bicyclic) bond motifs is 1. The van der Waals surface area contributed by atoms with Gasteiger partial charge < -0.3 is 4.57 Å². The van der Waals surface area contributed by atoms with Crippen molar-refractivity contribution in [1.82, 2.24) is 4.57 Å². The second kappa shape index (κ2) is 5.16. The summed E-state index contributed by atoms with van der Waals surface area (Å²) >= 11 is 0. The molecule has 1 nitrogen and oxygen atoms in total. The quantitative estimate of drug-likeness (QED) is 0.606. The van der Waals surface area contributed by atoms with E-state index in [1.807, 2.05) is 0 Å². The van der Waals surface area contributed by atoms with Gasteiger partial charge in [-0.3, -0.25) is 0 Å². The highest BCUT2D eigenvalue weighted by atomic mass is 15.0. The van der Waals surface area contributed by atoms with Gasteiger partial charge in [-0.25, -0.2) is 0 Å². The monoisotopic (exact) mass is 263 g/mol. The standard InChI is InChI=1S/C19H21N/c1-14(2)13-20-18-7-5-4-6-17(18)12-19(20)16-10-8-15(3)9-11-16/h4-12,14H,13H2,1-3H3. The molecule has 0 amide bonds. The van der Waals surface area contributed by atoms with Gasteiger partial charge in [-0.15, -0.1) is 0 Å². The minimum absolute atomic E-state index is 0.634. The number of benzene rings is 2. The number of hydrogen-bond donors (Lipinski definition) is 0. The molecule has 0 N–H and O–H groups in total. The Kier molecular flexibility index (Phi) is 3.35. The van der Waals surface area contributed by atoms with Gasteiger partial charge in [0.25, 0.3) is 0 Å². The highest BCUT2D eigenvalue weighted by Crippen LogP contribution is 2.29. The van der Waals surface area contributed by atoms with Crippen LogP contribution in [-0.4, -0.2) is 4.57 Å². The van der Waals surface area contributed by atoms with Crippen molar-refractivity contribution in [1.29, 1.82) is 0 Å². The Labute approximate surface area is 120 Å². The third-order valence-electron chi connectivity index (χ3n) is 3.71. The predicted molar refractivity (Wildman–Crippen MR) is 86.9 cm³/mol. The van der Waals surface area contributed by atoms with E-state index >= 15 is 0 Å². The molecule has 0 saturated carbocycles. The van der Waals surface area contributed by atoms with Crippen LogP contribution in [0.4, 0.5) is 0 Å². The van der Waals surface area contributed by atoms with Gasteiger partial charge in [0, 0.05) is 23.1 Å². The Morgan fingerprint density at radius 1 is 0.950 bits per heavy atom. The molecule has 0 saturated heterocycles. The summed E-state index contributed by atoms with van der Waals surface area (Å²) in [5.41, 5.74) is 5.25. The first-order valence-corrected chi connectivity index (χ1v) is 7.30. The molecule has 20 heavy (non-hydrogen) atoms. The smallest absolute Gasteiger partial charge is 0.0491 e. The van der Waals surface area contributed by atoms with Gasteiger partial charge in [0.15, 0.2) is 0 Å². The van der Waals surface area contributed by atoms with E-state index in [9.17, 15) is 0 Å². The average molecular weight is 263 g/mol. The Morgan fingerprint density at radius 3 is 2.35 bits per heavy atom. The molecule has 0 aliphatic carbocycles. The fourth-order valence-corrected chi connectivity index (χ4v) is 2.74. The van der Waals surface area contributed by atoms with Crippen LogP contribution in [0.25, 0.3) is 22.2 Å². The van der Waals surface area contributed by atoms with E-state index in [1.54, 1.807) is 0 Å². The van der Waals surface area contributed by atoms with Gasteiger partial charge in [0.2, 0.25) is 0 Å². The van der Waals surface area contributed by atoms with Crippen molar-refractivity contribution >= 4 is 10.9 Å². The second-order valence-electron chi connectivity index (χ2n) is 5.96. The maximum Gasteiger partial charge on any atom is 0.0491 e. The van der Waals surface area contributed by atoms with Gasteiger partial charge in [-0.05, 0) is 30.5 Å². The van der Waals surface area contributed by atoms with E-state index in [0.717, 1.165) is 6.54 Å². The zero-order valence-corrected chi connectivity index (χ0v) is 12.4. The van der Waals surface area contributed by atoms with E-state index in [-0.39, 0.29) is 0 Å². The number of aryl methyl sites for hydroxylation is 1. The van der Waals surface area contributed by atoms with E-state index in [4.69, 9.17) is 0 Å². The molecule has 0 radical (unpaired) electrons. The summed E-state index contributed by atoms with van der Waals surface area (Å²) in [7, 11) is 0. The largest absolute Gasteiger partial charge is 0.340 e. The number of para-hydroxylation sites is 1. The molecule has 0 spiro atoms. The topological polar surface area (TPSA) is 4.93 Å². The molecule has 0 unspecified atom stereocenters. The van der Waals surface area contributed by atoms with Crippen LogP contribution in [-0.2, 0) is 6.54 Å². The van der Waals surface area contributed by atoms with Crippen molar-refractivity contribution < 1.29 is 0 Å². The van der Waals surface area contributed by atoms with Crippen LogP contribution in [0.1, 0.15) is 19.4 Å². The lowest BCUT2D eigenvalue weighted by Gasteiger charge is -2.13. The van der Waals surface area contributed by atoms with Gasteiger partial charge in [0.1, 0.15) is 0 Å². The van der Waals surface area contributed by atoms with Crippen molar-refractivity contribution in [3.05, 3.63) is 60.2 Å². The van der Waals surface area contributed by atoms with Gasteiger partial charge in [0.05, 0.1) is 0 Å². The molecule has 1 heteroatoms. The number of hydrogen-bond acceptors (Lipinski definition) is 0. The summed E-state index contributed by atoms with van der Waals surface area (Å²) in [5, 5.41) is 1.32. The first-order valence-electron chi connectivity index (χ1n) is 7.30. The molecule has 0 atom stereocenters. The third-order valence-corrected chi connectivity index (χ3v) is 3.71. The zero-order valence-electron chi connectivity index (χ0n) is 12.4. The Balaban J connectivity index is 2.20. The van der Waals surface area contributed by atoms with Gasteiger partial charge in [-0.1, -0.05) is 61.9 Å². The van der Waals surface area contributed by atoms with Crippen LogP contribution in [0, 0.1) is 12.8 Å². The fourth-order valence-electron chi connectivity index (χ4n) is 2.74. The van der Waals surface area contributed by atoms with Crippen LogP contribution >= 0.6 is 0 Å². The Morgan fingerprint density at radius 2 is 1.65 bits per heavy atom. The molecule has 1 heterocycles. The van der Waals surface area contributed by atoms with Crippen molar-refractivity contribution in [3.8, 4) is 11.3 Å². The normalized spacial score (nSPS) is 11.4. The SMILES string of the molecule is Cc1ccc(-c2cc3ccccc3n2CC(C)C)cc1. The van der Waals surface area contributed by atoms with Crippen molar-refractivity contribution in [3.63, 3.8) is 0 Å². The Hall–Kier alpha value is -2.02. The highest BCUT2D eigenvalue weighted by molar-refractivity contribution is 5.87. The lowest BCUT2D eigenvalue weighted by atomic mass is 10.1. The predicted octanol–water partition coefficient (Wildman–Crippen LogP) is 5.27. The molecular formula is C19H21N. The van der Waals surface area contributed by atoms with E-state index in [0.29, 0.717) is 5.92 Å². The van der Waals surface area contributed by atoms with E-state index < -0.39 is 0 Å². The maximum atomic E-state index is 2.45. The summed E-state index contributed by atoms with van der Waals surface area (Å²) in [6.07, 6.45) is 0. The molecule has 0 bridgehead atoms. The molecule has 0 aliphatic heterocycles. The highest BCUT2D eigenvalue weighted by Gasteiger charge is 2.11. The molecular weight excluding hydrogens is 242 g/mol. The summed E-state index contributed by atoms with van der Waals surface area (Å²) in [6, 6.07) is 19.8. The van der Waals surface area contributed by atoms with Crippen LogP contribution in [0.2, 0.25) is 0 Å². The summed E-state index contributed by atoms with van der Waals surface area (Å²) in [6.45, 7) is 7.73. The first kappa shape index (κ1) is 13.0. The first-order chi connectivity index (χ1) is 9.65. The lowest BCUT2D eigenvalue weighted by molar-refractivity contribution is 0.538. The zero-order chi connectivity index (χ0) is 14.1. The van der Waals surface area contributed by atoms with Crippen LogP contribution in [0.5, 0.6) is 0 Å². The molecule has 102 valence electrons. The maximum absolute atomic E-state index is 2.45. The lowest BCUT2D eigenvalue weighted by Crippen LogP contribution is -2.05. The molecule has 0 fully saturated rings. The number of rotatable bonds is 3. The molecule has 3 aromatic rings. The third kappa shape index (κ3) is 2.36. The van der Waals surface area contributed by atoms with Crippen LogP contribution in [0.15, 0.2) is 54.6 Å². The summed E-state index contributed by atoms with van der Waals surface area (Å²) < 4.78 is 2.45. The molecule has 2 aromatic carbocycles. The minimum atomic E-state index is 0.634. The van der Waals surface area contributed by atoms with Gasteiger partial charge >= 0.3 is 0 Å². The van der Waals surface area contributed by atoms with Crippen molar-refractivity contribution in [2.75, 3.05) is 0 Å². The molecule has 3 rings (SSSR count). The number of nitrogens with zero attached hydrogens (tertiary/aromatic N) is 1. The van der Waals surface area contributed by atoms with Crippen LogP contribution < -0.4 is 0 Å². The molecule has 0 aliphatic rings. The van der Waals surface area contributed by atoms with E-state index in [1.165, 1.54) is 27.7 Å².